The van der Waals surface area contributed by atoms with Gasteiger partial charge in [-0.1, -0.05) is 12.1 Å². The summed E-state index contributed by atoms with van der Waals surface area (Å²) in [4.78, 5) is 33.0. The number of aromatic nitrogens is 3. The van der Waals surface area contributed by atoms with E-state index < -0.39 is 11.5 Å². The van der Waals surface area contributed by atoms with Crippen molar-refractivity contribution in [3.8, 4) is 0 Å². The zero-order valence-corrected chi connectivity index (χ0v) is 14.6. The highest BCUT2D eigenvalue weighted by Gasteiger charge is 2.16. The monoisotopic (exact) mass is 378 g/mol. The minimum absolute atomic E-state index is 0.00123. The summed E-state index contributed by atoms with van der Waals surface area (Å²) < 4.78 is 19.8. The number of fused-ring (bicyclic) bond motifs is 1. The molecule has 0 radical (unpaired) electrons. The standard InChI is InChI=1S/C20H15FN4O3/c21-15-3-1-14(2-4-15)11-25-12-24-16-9-17(28-18(16)20(25)27)19(26)23-10-13-5-7-22-8-6-13/h1-9,12H,10-11H2,(H,23,26). The lowest BCUT2D eigenvalue weighted by Gasteiger charge is -2.04. The molecular weight excluding hydrogens is 363 g/mol. The van der Waals surface area contributed by atoms with E-state index in [0.717, 1.165) is 11.1 Å². The molecule has 0 aliphatic carbocycles. The number of rotatable bonds is 5. The van der Waals surface area contributed by atoms with Gasteiger partial charge in [-0.15, -0.1) is 0 Å². The van der Waals surface area contributed by atoms with E-state index in [4.69, 9.17) is 4.42 Å². The molecule has 8 heteroatoms. The number of amides is 1. The molecule has 0 aliphatic heterocycles. The third kappa shape index (κ3) is 3.66. The molecule has 0 bridgehead atoms. The molecule has 140 valence electrons. The van der Waals surface area contributed by atoms with Crippen LogP contribution in [-0.2, 0) is 13.1 Å². The summed E-state index contributed by atoms with van der Waals surface area (Å²) in [6, 6.07) is 10.8. The minimum atomic E-state index is -0.445. The number of benzene rings is 1. The van der Waals surface area contributed by atoms with Crippen LogP contribution in [0.4, 0.5) is 4.39 Å². The fourth-order valence-corrected chi connectivity index (χ4v) is 2.73. The van der Waals surface area contributed by atoms with Crippen LogP contribution >= 0.6 is 0 Å². The molecule has 1 aromatic carbocycles. The van der Waals surface area contributed by atoms with Crippen molar-refractivity contribution in [1.29, 1.82) is 0 Å². The van der Waals surface area contributed by atoms with E-state index in [1.807, 2.05) is 0 Å². The van der Waals surface area contributed by atoms with Gasteiger partial charge in [0.1, 0.15) is 11.3 Å². The summed E-state index contributed by atoms with van der Waals surface area (Å²) >= 11 is 0. The van der Waals surface area contributed by atoms with Crippen molar-refractivity contribution in [2.45, 2.75) is 13.1 Å². The molecule has 0 aliphatic rings. The average molecular weight is 378 g/mol. The van der Waals surface area contributed by atoms with Crippen LogP contribution in [0.3, 0.4) is 0 Å². The molecule has 1 N–H and O–H groups in total. The van der Waals surface area contributed by atoms with E-state index in [9.17, 15) is 14.0 Å². The predicted molar refractivity (Wildman–Crippen MR) is 99.2 cm³/mol. The van der Waals surface area contributed by atoms with Gasteiger partial charge in [0.2, 0.25) is 5.58 Å². The van der Waals surface area contributed by atoms with E-state index in [2.05, 4.69) is 15.3 Å². The SMILES string of the molecule is O=C(NCc1ccncc1)c1cc2ncn(Cc3ccc(F)cc3)c(=O)c2o1. The fraction of sp³-hybridized carbons (Fsp3) is 0.100. The van der Waals surface area contributed by atoms with E-state index in [1.54, 1.807) is 36.7 Å². The highest BCUT2D eigenvalue weighted by molar-refractivity contribution is 5.95. The van der Waals surface area contributed by atoms with E-state index in [1.165, 1.54) is 29.1 Å². The lowest BCUT2D eigenvalue weighted by Crippen LogP contribution is -2.22. The first-order valence-corrected chi connectivity index (χ1v) is 8.51. The largest absolute Gasteiger partial charge is 0.443 e. The Bertz CT molecular complexity index is 1180. The maximum atomic E-state index is 13.0. The topological polar surface area (TPSA) is 90.0 Å². The van der Waals surface area contributed by atoms with Crippen molar-refractivity contribution < 1.29 is 13.6 Å². The second kappa shape index (κ2) is 7.43. The van der Waals surface area contributed by atoms with Crippen molar-refractivity contribution in [3.05, 3.63) is 94.2 Å². The van der Waals surface area contributed by atoms with Gasteiger partial charge in [-0.2, -0.15) is 0 Å². The fourth-order valence-electron chi connectivity index (χ4n) is 2.73. The van der Waals surface area contributed by atoms with Gasteiger partial charge < -0.3 is 9.73 Å². The number of furan rings is 1. The molecule has 0 fully saturated rings. The van der Waals surface area contributed by atoms with Crippen molar-refractivity contribution >= 4 is 17.0 Å². The third-order valence-corrected chi connectivity index (χ3v) is 4.20. The van der Waals surface area contributed by atoms with Crippen LogP contribution in [0.15, 0.2) is 70.4 Å². The lowest BCUT2D eigenvalue weighted by atomic mass is 10.2. The van der Waals surface area contributed by atoms with E-state index in [0.29, 0.717) is 12.1 Å². The van der Waals surface area contributed by atoms with Crippen LogP contribution in [-0.4, -0.2) is 20.4 Å². The molecule has 0 unspecified atom stereocenters. The molecule has 28 heavy (non-hydrogen) atoms. The van der Waals surface area contributed by atoms with E-state index >= 15 is 0 Å². The number of hydrogen-bond donors (Lipinski definition) is 1. The zero-order chi connectivity index (χ0) is 19.5. The van der Waals surface area contributed by atoms with Crippen LogP contribution in [0, 0.1) is 5.82 Å². The Morgan fingerprint density at radius 3 is 2.61 bits per heavy atom. The van der Waals surface area contributed by atoms with Crippen LogP contribution < -0.4 is 10.9 Å². The van der Waals surface area contributed by atoms with Crippen LogP contribution in [0.2, 0.25) is 0 Å². The van der Waals surface area contributed by atoms with Gasteiger partial charge in [0.25, 0.3) is 11.5 Å². The maximum absolute atomic E-state index is 13.0. The number of hydrogen-bond acceptors (Lipinski definition) is 5. The molecule has 0 atom stereocenters. The van der Waals surface area contributed by atoms with Crippen LogP contribution in [0.1, 0.15) is 21.7 Å². The summed E-state index contributed by atoms with van der Waals surface area (Å²) in [5.41, 5.74) is 1.52. The molecule has 0 saturated carbocycles. The van der Waals surface area contributed by atoms with Gasteiger partial charge in [0.05, 0.1) is 12.9 Å². The highest BCUT2D eigenvalue weighted by atomic mass is 19.1. The third-order valence-electron chi connectivity index (χ3n) is 4.20. The number of nitrogens with zero attached hydrogens (tertiary/aromatic N) is 3. The minimum Gasteiger partial charge on any atom is -0.443 e. The van der Waals surface area contributed by atoms with Gasteiger partial charge >= 0.3 is 0 Å². The molecule has 1 amide bonds. The van der Waals surface area contributed by atoms with Crippen LogP contribution in [0.25, 0.3) is 11.1 Å². The van der Waals surface area contributed by atoms with Crippen molar-refractivity contribution in [1.82, 2.24) is 19.9 Å². The molecule has 3 heterocycles. The predicted octanol–water partition coefficient (Wildman–Crippen LogP) is 2.50. The first-order chi connectivity index (χ1) is 13.6. The number of pyridine rings is 1. The number of nitrogens with one attached hydrogen (secondary N) is 1. The Morgan fingerprint density at radius 1 is 1.11 bits per heavy atom. The quantitative estimate of drug-likeness (QED) is 0.576. The number of halogens is 1. The molecule has 3 aromatic heterocycles. The molecule has 4 aromatic rings. The molecule has 0 spiro atoms. The summed E-state index contributed by atoms with van der Waals surface area (Å²) in [5, 5.41) is 2.72. The number of carbonyl (C=O) groups is 1. The zero-order valence-electron chi connectivity index (χ0n) is 14.6. The number of carbonyl (C=O) groups excluding carboxylic acids is 1. The molecule has 0 saturated heterocycles. The summed E-state index contributed by atoms with van der Waals surface area (Å²) in [6.07, 6.45) is 4.65. The second-order valence-corrected chi connectivity index (χ2v) is 6.17. The molecular formula is C20H15FN4O3. The summed E-state index contributed by atoms with van der Waals surface area (Å²) in [6.45, 7) is 0.521. The Balaban J connectivity index is 1.55. The van der Waals surface area contributed by atoms with E-state index in [-0.39, 0.29) is 23.7 Å². The first-order valence-electron chi connectivity index (χ1n) is 8.51. The molecule has 7 nitrogen and oxygen atoms in total. The Hall–Kier alpha value is -3.81. The van der Waals surface area contributed by atoms with Crippen molar-refractivity contribution in [3.63, 3.8) is 0 Å². The van der Waals surface area contributed by atoms with Crippen molar-refractivity contribution in [2.24, 2.45) is 0 Å². The van der Waals surface area contributed by atoms with Gasteiger partial charge in [-0.25, -0.2) is 9.37 Å². The Kier molecular flexibility index (Phi) is 4.67. The van der Waals surface area contributed by atoms with Gasteiger partial charge in [-0.05, 0) is 35.4 Å². The van der Waals surface area contributed by atoms with Gasteiger partial charge in [-0.3, -0.25) is 19.1 Å². The lowest BCUT2D eigenvalue weighted by molar-refractivity contribution is 0.0925. The normalized spacial score (nSPS) is 10.9. The maximum Gasteiger partial charge on any atom is 0.297 e. The van der Waals surface area contributed by atoms with Crippen LogP contribution in [0.5, 0.6) is 0 Å². The van der Waals surface area contributed by atoms with Gasteiger partial charge in [0.15, 0.2) is 5.76 Å². The molecule has 4 rings (SSSR count). The summed E-state index contributed by atoms with van der Waals surface area (Å²) in [5.74, 6) is -0.786. The first kappa shape index (κ1) is 17.6. The summed E-state index contributed by atoms with van der Waals surface area (Å²) in [7, 11) is 0. The Morgan fingerprint density at radius 2 is 1.86 bits per heavy atom. The highest BCUT2D eigenvalue weighted by Crippen LogP contribution is 2.14. The van der Waals surface area contributed by atoms with Crippen molar-refractivity contribution in [2.75, 3.05) is 0 Å². The average Bonchev–Trinajstić information content (AvgIpc) is 3.16. The van der Waals surface area contributed by atoms with Gasteiger partial charge in [0, 0.05) is 25.0 Å². The smallest absolute Gasteiger partial charge is 0.297 e. The Labute approximate surface area is 158 Å². The second-order valence-electron chi connectivity index (χ2n) is 6.17.